The van der Waals surface area contributed by atoms with Crippen molar-refractivity contribution in [3.05, 3.63) is 0 Å². The molecule has 1 amide bonds. The van der Waals surface area contributed by atoms with Crippen LogP contribution in [-0.4, -0.2) is 27.8 Å². The van der Waals surface area contributed by atoms with Gasteiger partial charge in [-0.15, -0.1) is 0 Å². The van der Waals surface area contributed by atoms with Crippen molar-refractivity contribution in [1.82, 2.24) is 4.31 Å². The van der Waals surface area contributed by atoms with Crippen LogP contribution < -0.4 is 0 Å². The number of hydrogen-bond donors (Lipinski definition) is 0. The van der Waals surface area contributed by atoms with E-state index in [4.69, 9.17) is 15.4 Å². The highest BCUT2D eigenvalue weighted by Gasteiger charge is 2.21. The maximum atomic E-state index is 11.3. The SMILES string of the molecule is CN(C(=O)OC1CCCCC1)S(=O)Cl. The minimum absolute atomic E-state index is 0.0288. The van der Waals surface area contributed by atoms with Gasteiger partial charge in [-0.1, -0.05) is 6.42 Å². The topological polar surface area (TPSA) is 46.6 Å². The minimum Gasteiger partial charge on any atom is -0.445 e. The molecule has 1 aliphatic rings. The predicted molar refractivity (Wildman–Crippen MR) is 55.1 cm³/mol. The highest BCUT2D eigenvalue weighted by molar-refractivity contribution is 8.06. The summed E-state index contributed by atoms with van der Waals surface area (Å²) in [5, 5.41) is 0. The van der Waals surface area contributed by atoms with Crippen LogP contribution in [-0.2, 0) is 14.9 Å². The number of halogens is 1. The molecule has 0 N–H and O–H groups in total. The molecule has 0 aliphatic heterocycles. The van der Waals surface area contributed by atoms with E-state index in [0.717, 1.165) is 30.0 Å². The first kappa shape index (κ1) is 11.8. The zero-order valence-corrected chi connectivity index (χ0v) is 9.64. The van der Waals surface area contributed by atoms with Gasteiger partial charge < -0.3 is 4.74 Å². The van der Waals surface area contributed by atoms with Crippen LogP contribution in [0.25, 0.3) is 0 Å². The van der Waals surface area contributed by atoms with Crippen LogP contribution in [0.1, 0.15) is 32.1 Å². The van der Waals surface area contributed by atoms with Crippen LogP contribution in [0.15, 0.2) is 0 Å². The fourth-order valence-electron chi connectivity index (χ4n) is 1.46. The van der Waals surface area contributed by atoms with Crippen molar-refractivity contribution < 1.29 is 13.7 Å². The molecule has 1 atom stereocenters. The van der Waals surface area contributed by atoms with Crippen molar-refractivity contribution in [3.8, 4) is 0 Å². The van der Waals surface area contributed by atoms with E-state index in [9.17, 15) is 9.00 Å². The fourth-order valence-corrected chi connectivity index (χ4v) is 1.79. The lowest BCUT2D eigenvalue weighted by atomic mass is 9.98. The Morgan fingerprint density at radius 3 is 2.50 bits per heavy atom. The summed E-state index contributed by atoms with van der Waals surface area (Å²) in [6.07, 6.45) is 4.54. The van der Waals surface area contributed by atoms with Gasteiger partial charge in [0.2, 0.25) is 10.2 Å². The Morgan fingerprint density at radius 1 is 1.43 bits per heavy atom. The van der Waals surface area contributed by atoms with Gasteiger partial charge in [0.25, 0.3) is 0 Å². The number of ether oxygens (including phenoxy) is 1. The molecule has 6 heteroatoms. The zero-order chi connectivity index (χ0) is 10.6. The molecule has 0 aromatic rings. The minimum atomic E-state index is -1.81. The summed E-state index contributed by atoms with van der Waals surface area (Å²) >= 11 is 0. The molecule has 0 radical (unpaired) electrons. The largest absolute Gasteiger partial charge is 0.445 e. The first-order valence-corrected chi connectivity index (χ1v) is 6.57. The second-order valence-electron chi connectivity index (χ2n) is 3.35. The van der Waals surface area contributed by atoms with Gasteiger partial charge in [-0.25, -0.2) is 13.3 Å². The summed E-state index contributed by atoms with van der Waals surface area (Å²) in [5.41, 5.74) is 0. The third-order valence-electron chi connectivity index (χ3n) is 2.29. The zero-order valence-electron chi connectivity index (χ0n) is 8.07. The Balaban J connectivity index is 2.35. The molecule has 1 aliphatic carbocycles. The van der Waals surface area contributed by atoms with Crippen molar-refractivity contribution in [2.75, 3.05) is 7.05 Å². The molecule has 0 aromatic heterocycles. The molecule has 1 unspecified atom stereocenters. The fraction of sp³-hybridized carbons (Fsp3) is 0.875. The maximum Gasteiger partial charge on any atom is 0.422 e. The summed E-state index contributed by atoms with van der Waals surface area (Å²) in [6, 6.07) is 0. The van der Waals surface area contributed by atoms with Gasteiger partial charge in [-0.05, 0) is 25.7 Å². The molecule has 1 saturated carbocycles. The Bertz CT molecular complexity index is 231. The van der Waals surface area contributed by atoms with E-state index < -0.39 is 16.3 Å². The van der Waals surface area contributed by atoms with E-state index >= 15 is 0 Å². The van der Waals surface area contributed by atoms with Crippen LogP contribution in [0, 0.1) is 0 Å². The standard InChI is InChI=1S/C8H14ClNO3S/c1-10(14(9)12)8(11)13-7-5-3-2-4-6-7/h7H,2-6H2,1H3. The molecule has 1 rings (SSSR count). The summed E-state index contributed by atoms with van der Waals surface area (Å²) in [4.78, 5) is 11.3. The van der Waals surface area contributed by atoms with Crippen LogP contribution in [0.2, 0.25) is 0 Å². The summed E-state index contributed by atoms with van der Waals surface area (Å²) in [7, 11) is 4.78. The molecule has 0 spiro atoms. The second-order valence-corrected chi connectivity index (χ2v) is 5.10. The molecule has 0 heterocycles. The van der Waals surface area contributed by atoms with E-state index in [1.165, 1.54) is 13.5 Å². The number of nitrogens with zero attached hydrogens (tertiary/aromatic N) is 1. The molecule has 82 valence electrons. The quantitative estimate of drug-likeness (QED) is 0.694. The highest BCUT2D eigenvalue weighted by atomic mass is 35.7. The Kier molecular flexibility index (Phi) is 4.68. The van der Waals surface area contributed by atoms with Crippen LogP contribution >= 0.6 is 10.7 Å². The molecule has 1 fully saturated rings. The molecular weight excluding hydrogens is 226 g/mol. The van der Waals surface area contributed by atoms with Crippen LogP contribution in [0.5, 0.6) is 0 Å². The van der Waals surface area contributed by atoms with Gasteiger partial charge >= 0.3 is 6.09 Å². The molecule has 0 saturated heterocycles. The predicted octanol–water partition coefficient (Wildman–Crippen LogP) is 2.21. The molecule has 14 heavy (non-hydrogen) atoms. The molecule has 0 aromatic carbocycles. The van der Waals surface area contributed by atoms with Gasteiger partial charge in [0.15, 0.2) is 0 Å². The monoisotopic (exact) mass is 239 g/mol. The van der Waals surface area contributed by atoms with Gasteiger partial charge in [-0.2, -0.15) is 0 Å². The highest BCUT2D eigenvalue weighted by Crippen LogP contribution is 2.21. The van der Waals surface area contributed by atoms with Crippen molar-refractivity contribution >= 4 is 27.0 Å². The first-order chi connectivity index (χ1) is 6.61. The average Bonchev–Trinajstić information content (AvgIpc) is 2.18. The first-order valence-electron chi connectivity index (χ1n) is 4.63. The Labute approximate surface area is 90.6 Å². The lowest BCUT2D eigenvalue weighted by molar-refractivity contribution is 0.0652. The second kappa shape index (κ2) is 5.56. The van der Waals surface area contributed by atoms with E-state index in [1.54, 1.807) is 0 Å². The van der Waals surface area contributed by atoms with Crippen LogP contribution in [0.4, 0.5) is 4.79 Å². The summed E-state index contributed by atoms with van der Waals surface area (Å²) in [5.74, 6) is 0. The normalized spacial score (nSPS) is 20.1. The van der Waals surface area contributed by atoms with E-state index in [1.807, 2.05) is 0 Å². The summed E-state index contributed by atoms with van der Waals surface area (Å²) in [6.45, 7) is 0. The molecule has 0 bridgehead atoms. The van der Waals surface area contributed by atoms with Crippen LogP contribution in [0.3, 0.4) is 0 Å². The number of hydrogen-bond acceptors (Lipinski definition) is 3. The number of rotatable bonds is 2. The van der Waals surface area contributed by atoms with E-state index in [-0.39, 0.29) is 6.10 Å². The van der Waals surface area contributed by atoms with Gasteiger partial charge in [-0.3, -0.25) is 0 Å². The lowest BCUT2D eigenvalue weighted by Crippen LogP contribution is -2.31. The third-order valence-corrected chi connectivity index (χ3v) is 3.49. The lowest BCUT2D eigenvalue weighted by Gasteiger charge is -2.23. The number of carbonyl (C=O) groups excluding carboxylic acids is 1. The van der Waals surface area contributed by atoms with Crippen molar-refractivity contribution in [3.63, 3.8) is 0 Å². The Morgan fingerprint density at radius 2 is 2.00 bits per heavy atom. The Hall–Kier alpha value is -0.290. The van der Waals surface area contributed by atoms with Gasteiger partial charge in [0, 0.05) is 17.7 Å². The van der Waals surface area contributed by atoms with Crippen molar-refractivity contribution in [2.45, 2.75) is 38.2 Å². The third kappa shape index (κ3) is 3.46. The summed E-state index contributed by atoms with van der Waals surface area (Å²) < 4.78 is 16.7. The van der Waals surface area contributed by atoms with Gasteiger partial charge in [0.05, 0.1) is 0 Å². The molecular formula is C8H14ClNO3S. The van der Waals surface area contributed by atoms with Crippen molar-refractivity contribution in [2.24, 2.45) is 0 Å². The molecule has 4 nitrogen and oxygen atoms in total. The number of carbonyl (C=O) groups is 1. The van der Waals surface area contributed by atoms with Crippen molar-refractivity contribution in [1.29, 1.82) is 0 Å². The van der Waals surface area contributed by atoms with Gasteiger partial charge in [0.1, 0.15) is 6.10 Å². The number of amides is 1. The van der Waals surface area contributed by atoms with E-state index in [2.05, 4.69) is 0 Å². The average molecular weight is 240 g/mol. The smallest absolute Gasteiger partial charge is 0.422 e. The maximum absolute atomic E-state index is 11.3. The van der Waals surface area contributed by atoms with E-state index in [0.29, 0.717) is 0 Å².